The van der Waals surface area contributed by atoms with Gasteiger partial charge in [0, 0.05) is 31.9 Å². The monoisotopic (exact) mass is 280 g/mol. The first-order valence-electron chi connectivity index (χ1n) is 7.61. The third-order valence-electron chi connectivity index (χ3n) is 3.62. The average molecular weight is 280 g/mol. The second-order valence-corrected chi connectivity index (χ2v) is 5.37. The van der Waals surface area contributed by atoms with Crippen LogP contribution in [0.4, 0.5) is 10.1 Å². The summed E-state index contributed by atoms with van der Waals surface area (Å²) < 4.78 is 18.6. The molecule has 1 atom stereocenters. The minimum atomic E-state index is -0.192. The minimum Gasteiger partial charge on any atom is -0.384 e. The largest absolute Gasteiger partial charge is 0.384 e. The molecule has 0 spiro atoms. The smallest absolute Gasteiger partial charge is 0.123 e. The van der Waals surface area contributed by atoms with Crippen molar-refractivity contribution in [3.63, 3.8) is 0 Å². The molecule has 1 unspecified atom stereocenters. The van der Waals surface area contributed by atoms with Crippen molar-refractivity contribution in [2.75, 3.05) is 38.1 Å². The van der Waals surface area contributed by atoms with Gasteiger partial charge in [-0.15, -0.1) is 0 Å². The normalized spacial score (nSPS) is 20.0. The van der Waals surface area contributed by atoms with Gasteiger partial charge in [0.05, 0.1) is 6.10 Å². The highest BCUT2D eigenvalue weighted by Gasteiger charge is 2.19. The van der Waals surface area contributed by atoms with Crippen LogP contribution in [0.5, 0.6) is 0 Å². The van der Waals surface area contributed by atoms with Crippen LogP contribution in [0.3, 0.4) is 0 Å². The molecule has 0 bridgehead atoms. The summed E-state index contributed by atoms with van der Waals surface area (Å²) in [4.78, 5) is 2.44. The van der Waals surface area contributed by atoms with Crippen LogP contribution in [0, 0.1) is 5.82 Å². The molecule has 112 valence electrons. The number of nitrogens with one attached hydrogen (secondary N) is 1. The Hall–Kier alpha value is -1.13. The molecular weight excluding hydrogens is 255 g/mol. The molecule has 1 fully saturated rings. The van der Waals surface area contributed by atoms with Crippen molar-refractivity contribution in [3.8, 4) is 0 Å². The maximum absolute atomic E-state index is 12.8. The van der Waals surface area contributed by atoms with E-state index in [0.717, 1.165) is 44.9 Å². The lowest BCUT2D eigenvalue weighted by molar-refractivity contribution is 0.00110. The number of rotatable bonds is 7. The van der Waals surface area contributed by atoms with Crippen LogP contribution in [0.2, 0.25) is 0 Å². The van der Waals surface area contributed by atoms with Crippen molar-refractivity contribution in [2.45, 2.75) is 32.3 Å². The molecule has 1 saturated heterocycles. The van der Waals surface area contributed by atoms with Gasteiger partial charge in [0.15, 0.2) is 0 Å². The van der Waals surface area contributed by atoms with Gasteiger partial charge >= 0.3 is 0 Å². The van der Waals surface area contributed by atoms with Crippen molar-refractivity contribution in [2.24, 2.45) is 0 Å². The molecule has 0 amide bonds. The highest BCUT2D eigenvalue weighted by molar-refractivity contribution is 5.42. The summed E-state index contributed by atoms with van der Waals surface area (Å²) in [7, 11) is 0. The van der Waals surface area contributed by atoms with E-state index in [1.54, 1.807) is 12.1 Å². The van der Waals surface area contributed by atoms with Crippen molar-refractivity contribution in [3.05, 3.63) is 30.1 Å². The topological polar surface area (TPSA) is 24.5 Å². The number of hydrogen-bond donors (Lipinski definition) is 1. The molecule has 2 rings (SSSR count). The predicted molar refractivity (Wildman–Crippen MR) is 80.6 cm³/mol. The van der Waals surface area contributed by atoms with Crippen LogP contribution < -0.4 is 5.32 Å². The van der Waals surface area contributed by atoms with E-state index in [-0.39, 0.29) is 5.82 Å². The maximum Gasteiger partial charge on any atom is 0.123 e. The lowest BCUT2D eigenvalue weighted by atomic mass is 10.1. The highest BCUT2D eigenvalue weighted by Crippen LogP contribution is 2.13. The lowest BCUT2D eigenvalue weighted by Crippen LogP contribution is -2.41. The van der Waals surface area contributed by atoms with Crippen LogP contribution in [0.15, 0.2) is 24.3 Å². The second kappa shape index (κ2) is 8.22. The lowest BCUT2D eigenvalue weighted by Gasteiger charge is -2.32. The van der Waals surface area contributed by atoms with E-state index in [1.165, 1.54) is 25.0 Å². The van der Waals surface area contributed by atoms with E-state index >= 15 is 0 Å². The zero-order chi connectivity index (χ0) is 14.2. The fraction of sp³-hybridized carbons (Fsp3) is 0.625. The Morgan fingerprint density at radius 1 is 1.35 bits per heavy atom. The second-order valence-electron chi connectivity index (χ2n) is 5.37. The van der Waals surface area contributed by atoms with Crippen molar-refractivity contribution in [1.82, 2.24) is 4.90 Å². The number of piperidine rings is 1. The Balaban J connectivity index is 1.67. The van der Waals surface area contributed by atoms with Crippen LogP contribution in [-0.2, 0) is 4.74 Å². The van der Waals surface area contributed by atoms with Crippen LogP contribution in [-0.4, -0.2) is 43.8 Å². The van der Waals surface area contributed by atoms with Crippen LogP contribution >= 0.6 is 0 Å². The summed E-state index contributed by atoms with van der Waals surface area (Å²) in [5.41, 5.74) is 0.974. The minimum absolute atomic E-state index is 0.192. The fourth-order valence-corrected chi connectivity index (χ4v) is 2.56. The molecule has 0 saturated carbocycles. The number of hydrogen-bond acceptors (Lipinski definition) is 3. The number of likely N-dealkylation sites (tertiary alicyclic amines) is 1. The van der Waals surface area contributed by atoms with Gasteiger partial charge in [0.25, 0.3) is 0 Å². The van der Waals surface area contributed by atoms with Gasteiger partial charge in [-0.3, -0.25) is 4.90 Å². The Labute approximate surface area is 121 Å². The summed E-state index contributed by atoms with van der Waals surface area (Å²) in [5, 5.41) is 3.33. The standard InChI is InChI=1S/C16H25FN2O/c1-2-12-20-16-4-3-10-19(13-16)11-9-18-15-7-5-14(17)6-8-15/h5-8,16,18H,2-4,9-13H2,1H3. The molecular formula is C16H25FN2O. The average Bonchev–Trinajstić information content (AvgIpc) is 2.48. The van der Waals surface area contributed by atoms with Crippen molar-refractivity contribution < 1.29 is 9.13 Å². The Bertz CT molecular complexity index is 383. The SMILES string of the molecule is CCCOC1CCCN(CCNc2ccc(F)cc2)C1. The number of halogens is 1. The van der Waals surface area contributed by atoms with E-state index in [9.17, 15) is 4.39 Å². The molecule has 3 nitrogen and oxygen atoms in total. The van der Waals surface area contributed by atoms with E-state index in [1.807, 2.05) is 0 Å². The number of benzene rings is 1. The molecule has 4 heteroatoms. The first-order valence-corrected chi connectivity index (χ1v) is 7.61. The van der Waals surface area contributed by atoms with E-state index in [0.29, 0.717) is 6.10 Å². The van der Waals surface area contributed by atoms with Gasteiger partial charge in [-0.1, -0.05) is 6.92 Å². The molecule has 1 aromatic rings. The maximum atomic E-state index is 12.8. The van der Waals surface area contributed by atoms with Gasteiger partial charge < -0.3 is 10.1 Å². The summed E-state index contributed by atoms with van der Waals surface area (Å²) in [6.45, 7) is 7.08. The molecule has 1 aromatic carbocycles. The number of nitrogens with zero attached hydrogens (tertiary/aromatic N) is 1. The first-order chi connectivity index (χ1) is 9.78. The zero-order valence-electron chi connectivity index (χ0n) is 12.3. The first kappa shape index (κ1) is 15.3. The van der Waals surface area contributed by atoms with Crippen molar-refractivity contribution >= 4 is 5.69 Å². The summed E-state index contributed by atoms with van der Waals surface area (Å²) >= 11 is 0. The molecule has 1 N–H and O–H groups in total. The molecule has 1 aliphatic rings. The quantitative estimate of drug-likeness (QED) is 0.830. The Morgan fingerprint density at radius 2 is 2.15 bits per heavy atom. The van der Waals surface area contributed by atoms with E-state index in [2.05, 4.69) is 17.1 Å². The van der Waals surface area contributed by atoms with Crippen molar-refractivity contribution in [1.29, 1.82) is 0 Å². The molecule has 0 aromatic heterocycles. The van der Waals surface area contributed by atoms with Gasteiger partial charge in [-0.25, -0.2) is 4.39 Å². The Kier molecular flexibility index (Phi) is 6.27. The van der Waals surface area contributed by atoms with E-state index < -0.39 is 0 Å². The van der Waals surface area contributed by atoms with Gasteiger partial charge in [-0.2, -0.15) is 0 Å². The fourth-order valence-electron chi connectivity index (χ4n) is 2.56. The van der Waals surface area contributed by atoms with E-state index in [4.69, 9.17) is 4.74 Å². The number of ether oxygens (including phenoxy) is 1. The third-order valence-corrected chi connectivity index (χ3v) is 3.62. The summed E-state index contributed by atoms with van der Waals surface area (Å²) in [5.74, 6) is -0.192. The molecule has 20 heavy (non-hydrogen) atoms. The van der Waals surface area contributed by atoms with Crippen LogP contribution in [0.25, 0.3) is 0 Å². The molecule has 0 aliphatic carbocycles. The molecule has 1 aliphatic heterocycles. The highest BCUT2D eigenvalue weighted by atomic mass is 19.1. The predicted octanol–water partition coefficient (Wildman–Crippen LogP) is 3.13. The number of anilines is 1. The van der Waals surface area contributed by atoms with Gasteiger partial charge in [0.2, 0.25) is 0 Å². The zero-order valence-corrected chi connectivity index (χ0v) is 12.3. The summed E-state index contributed by atoms with van der Waals surface area (Å²) in [6.07, 6.45) is 3.88. The van der Waals surface area contributed by atoms with Gasteiger partial charge in [-0.05, 0) is 50.1 Å². The van der Waals surface area contributed by atoms with Crippen LogP contribution in [0.1, 0.15) is 26.2 Å². The molecule has 0 radical (unpaired) electrons. The Morgan fingerprint density at radius 3 is 2.90 bits per heavy atom. The van der Waals surface area contributed by atoms with Gasteiger partial charge in [0.1, 0.15) is 5.82 Å². The molecule has 1 heterocycles. The third kappa shape index (κ3) is 5.10. The summed E-state index contributed by atoms with van der Waals surface area (Å²) in [6, 6.07) is 6.52.